The minimum atomic E-state index is -0.361. The number of halogens is 1. The molecule has 0 amide bonds. The van der Waals surface area contributed by atoms with Crippen LogP contribution in [0, 0.1) is 5.82 Å². The zero-order chi connectivity index (χ0) is 22.6. The predicted molar refractivity (Wildman–Crippen MR) is 122 cm³/mol. The molecule has 2 aliphatic heterocycles. The maximum Gasteiger partial charge on any atom is 0.173 e. The van der Waals surface area contributed by atoms with Crippen LogP contribution in [-0.2, 0) is 11.3 Å². The van der Waals surface area contributed by atoms with Crippen molar-refractivity contribution in [1.29, 1.82) is 0 Å². The van der Waals surface area contributed by atoms with Crippen LogP contribution in [0.25, 0.3) is 0 Å². The van der Waals surface area contributed by atoms with Crippen molar-refractivity contribution in [2.24, 2.45) is 0 Å². The SMILES string of the molecule is COc1ccc(N2CCN([C@H](c3ccccc3F)c3nnnn3C[C@H]3CCCO3)CC2)cc1. The molecule has 5 rings (SSSR count). The molecule has 0 N–H and O–H groups in total. The van der Waals surface area contributed by atoms with Gasteiger partial charge in [0.25, 0.3) is 0 Å². The van der Waals surface area contributed by atoms with Crippen LogP contribution in [0.3, 0.4) is 0 Å². The quantitative estimate of drug-likeness (QED) is 0.546. The fourth-order valence-corrected chi connectivity index (χ4v) is 4.75. The van der Waals surface area contributed by atoms with Crippen molar-refractivity contribution in [3.8, 4) is 5.75 Å². The summed E-state index contributed by atoms with van der Waals surface area (Å²) < 4.78 is 27.8. The van der Waals surface area contributed by atoms with E-state index < -0.39 is 0 Å². The van der Waals surface area contributed by atoms with Gasteiger partial charge in [0.1, 0.15) is 17.6 Å². The highest BCUT2D eigenvalue weighted by atomic mass is 19.1. The molecule has 0 spiro atoms. The molecule has 0 unspecified atom stereocenters. The Morgan fingerprint density at radius 3 is 2.58 bits per heavy atom. The summed E-state index contributed by atoms with van der Waals surface area (Å²) in [6.45, 7) is 4.52. The van der Waals surface area contributed by atoms with Crippen molar-refractivity contribution in [2.45, 2.75) is 31.5 Å². The van der Waals surface area contributed by atoms with Gasteiger partial charge in [-0.25, -0.2) is 9.07 Å². The van der Waals surface area contributed by atoms with Crippen LogP contribution in [0.1, 0.15) is 30.3 Å². The van der Waals surface area contributed by atoms with Gasteiger partial charge in [0.05, 0.1) is 19.8 Å². The molecule has 2 saturated heterocycles. The molecule has 2 aliphatic rings. The van der Waals surface area contributed by atoms with E-state index in [0.717, 1.165) is 57.1 Å². The molecule has 33 heavy (non-hydrogen) atoms. The van der Waals surface area contributed by atoms with Crippen molar-refractivity contribution in [2.75, 3.05) is 44.8 Å². The zero-order valence-electron chi connectivity index (χ0n) is 18.8. The largest absolute Gasteiger partial charge is 0.497 e. The lowest BCUT2D eigenvalue weighted by atomic mass is 10.0. The molecule has 0 radical (unpaired) electrons. The lowest BCUT2D eigenvalue weighted by Gasteiger charge is -2.40. The molecule has 3 heterocycles. The Hall–Kier alpha value is -3.04. The van der Waals surface area contributed by atoms with Crippen LogP contribution < -0.4 is 9.64 Å². The monoisotopic (exact) mass is 452 g/mol. The maximum absolute atomic E-state index is 15.0. The normalized spacial score (nSPS) is 20.2. The van der Waals surface area contributed by atoms with Crippen molar-refractivity contribution < 1.29 is 13.9 Å². The van der Waals surface area contributed by atoms with Crippen molar-refractivity contribution in [3.63, 3.8) is 0 Å². The summed E-state index contributed by atoms with van der Waals surface area (Å²) in [5, 5.41) is 12.5. The molecule has 3 aromatic rings. The van der Waals surface area contributed by atoms with E-state index in [0.29, 0.717) is 17.9 Å². The number of nitrogens with zero attached hydrogens (tertiary/aromatic N) is 6. The average Bonchev–Trinajstić information content (AvgIpc) is 3.54. The molecule has 0 saturated carbocycles. The van der Waals surface area contributed by atoms with Crippen LogP contribution in [0.15, 0.2) is 48.5 Å². The number of benzene rings is 2. The number of aromatic nitrogens is 4. The Morgan fingerprint density at radius 2 is 1.88 bits per heavy atom. The van der Waals surface area contributed by atoms with Crippen LogP contribution in [-0.4, -0.2) is 71.1 Å². The van der Waals surface area contributed by atoms with Crippen LogP contribution in [0.4, 0.5) is 10.1 Å². The van der Waals surface area contributed by atoms with Gasteiger partial charge in [0.15, 0.2) is 5.82 Å². The molecular formula is C24H29FN6O2. The summed E-state index contributed by atoms with van der Waals surface area (Å²) >= 11 is 0. The van der Waals surface area contributed by atoms with Gasteiger partial charge in [0, 0.05) is 44.0 Å². The Kier molecular flexibility index (Phi) is 6.50. The van der Waals surface area contributed by atoms with E-state index >= 15 is 0 Å². The number of ether oxygens (including phenoxy) is 2. The van der Waals surface area contributed by atoms with Gasteiger partial charge in [-0.15, -0.1) is 5.10 Å². The molecule has 2 aromatic carbocycles. The third kappa shape index (κ3) is 4.69. The second-order valence-corrected chi connectivity index (χ2v) is 8.50. The molecule has 8 nitrogen and oxygen atoms in total. The van der Waals surface area contributed by atoms with E-state index in [-0.39, 0.29) is 18.0 Å². The predicted octanol–water partition coefficient (Wildman–Crippen LogP) is 2.91. The molecular weight excluding hydrogens is 423 g/mol. The Labute approximate surface area is 192 Å². The second kappa shape index (κ2) is 9.84. The number of tetrazole rings is 1. The summed E-state index contributed by atoms with van der Waals surface area (Å²) in [5.74, 6) is 1.26. The zero-order valence-corrected chi connectivity index (χ0v) is 18.8. The van der Waals surface area contributed by atoms with Crippen molar-refractivity contribution in [1.82, 2.24) is 25.1 Å². The molecule has 2 atom stereocenters. The summed E-state index contributed by atoms with van der Waals surface area (Å²) in [4.78, 5) is 4.61. The minimum Gasteiger partial charge on any atom is -0.497 e. The molecule has 9 heteroatoms. The van der Waals surface area contributed by atoms with Gasteiger partial charge < -0.3 is 14.4 Å². The van der Waals surface area contributed by atoms with Crippen LogP contribution >= 0.6 is 0 Å². The Bertz CT molecular complexity index is 1050. The van der Waals surface area contributed by atoms with Gasteiger partial charge in [-0.1, -0.05) is 18.2 Å². The summed E-state index contributed by atoms with van der Waals surface area (Å²) in [6, 6.07) is 14.7. The highest BCUT2D eigenvalue weighted by Gasteiger charge is 2.33. The van der Waals surface area contributed by atoms with Gasteiger partial charge in [0.2, 0.25) is 0 Å². The van der Waals surface area contributed by atoms with Gasteiger partial charge >= 0.3 is 0 Å². The Morgan fingerprint density at radius 1 is 1.09 bits per heavy atom. The number of hydrogen-bond donors (Lipinski definition) is 0. The Balaban J connectivity index is 1.38. The van der Waals surface area contributed by atoms with Crippen molar-refractivity contribution >= 4 is 5.69 Å². The number of rotatable bonds is 7. The van der Waals surface area contributed by atoms with E-state index in [2.05, 4.69) is 37.5 Å². The fraction of sp³-hybridized carbons (Fsp3) is 0.458. The van der Waals surface area contributed by atoms with E-state index in [1.807, 2.05) is 24.3 Å². The number of anilines is 1. The highest BCUT2D eigenvalue weighted by Crippen LogP contribution is 2.31. The first kappa shape index (κ1) is 21.8. The molecule has 0 aliphatic carbocycles. The molecule has 0 bridgehead atoms. The maximum atomic E-state index is 15.0. The summed E-state index contributed by atoms with van der Waals surface area (Å²) in [7, 11) is 1.67. The minimum absolute atomic E-state index is 0.0976. The topological polar surface area (TPSA) is 68.5 Å². The number of methoxy groups -OCH3 is 1. The van der Waals surface area contributed by atoms with Crippen LogP contribution in [0.5, 0.6) is 5.75 Å². The van der Waals surface area contributed by atoms with Crippen molar-refractivity contribution in [3.05, 3.63) is 65.7 Å². The third-order valence-corrected chi connectivity index (χ3v) is 6.52. The van der Waals surface area contributed by atoms with E-state index in [9.17, 15) is 4.39 Å². The first-order valence-corrected chi connectivity index (χ1v) is 11.5. The summed E-state index contributed by atoms with van der Waals surface area (Å²) in [6.07, 6.45) is 2.14. The lowest BCUT2D eigenvalue weighted by molar-refractivity contribution is 0.0906. The second-order valence-electron chi connectivity index (χ2n) is 8.50. The number of hydrogen-bond acceptors (Lipinski definition) is 7. The highest BCUT2D eigenvalue weighted by molar-refractivity contribution is 5.49. The van der Waals surface area contributed by atoms with E-state index in [1.165, 1.54) is 6.07 Å². The van der Waals surface area contributed by atoms with Crippen LogP contribution in [0.2, 0.25) is 0 Å². The lowest BCUT2D eigenvalue weighted by Crippen LogP contribution is -2.48. The fourth-order valence-electron chi connectivity index (χ4n) is 4.75. The number of piperazine rings is 1. The molecule has 1 aromatic heterocycles. The molecule has 2 fully saturated rings. The standard InChI is InChI=1S/C24H29FN6O2/c1-32-19-10-8-18(9-11-19)29-12-14-30(15-13-29)23(21-6-2-3-7-22(21)25)24-26-27-28-31(24)17-20-5-4-16-33-20/h2-3,6-11,20,23H,4-5,12-17H2,1H3/t20-,23-/m1/s1. The average molecular weight is 453 g/mol. The third-order valence-electron chi connectivity index (χ3n) is 6.52. The first-order valence-electron chi connectivity index (χ1n) is 11.5. The smallest absolute Gasteiger partial charge is 0.173 e. The van der Waals surface area contributed by atoms with Gasteiger partial charge in [-0.2, -0.15) is 0 Å². The van der Waals surface area contributed by atoms with Gasteiger partial charge in [-0.05, 0) is 53.6 Å². The van der Waals surface area contributed by atoms with E-state index in [1.54, 1.807) is 17.9 Å². The first-order chi connectivity index (χ1) is 16.2. The summed E-state index contributed by atoms with van der Waals surface area (Å²) in [5.41, 5.74) is 1.75. The van der Waals surface area contributed by atoms with Gasteiger partial charge in [-0.3, -0.25) is 4.90 Å². The van der Waals surface area contributed by atoms with E-state index in [4.69, 9.17) is 9.47 Å². The molecule has 174 valence electrons.